The zero-order valence-corrected chi connectivity index (χ0v) is 19.3. The summed E-state index contributed by atoms with van der Waals surface area (Å²) in [5.41, 5.74) is 4.28. The van der Waals surface area contributed by atoms with Gasteiger partial charge in [0.25, 0.3) is 5.91 Å². The molecule has 1 saturated carbocycles. The Kier molecular flexibility index (Phi) is 5.25. The Morgan fingerprint density at radius 1 is 1.19 bits per heavy atom. The summed E-state index contributed by atoms with van der Waals surface area (Å²) < 4.78 is 7.47. The minimum atomic E-state index is -1.15. The van der Waals surface area contributed by atoms with Crippen molar-refractivity contribution in [3.8, 4) is 17.1 Å². The van der Waals surface area contributed by atoms with Crippen LogP contribution in [0.4, 0.5) is 0 Å². The molecule has 6 rings (SSSR count). The number of phenolic OH excluding ortho intramolecular Hbond substituents is 1. The number of aromatic nitrogens is 3. The highest BCUT2D eigenvalue weighted by Crippen LogP contribution is 2.38. The Morgan fingerprint density at radius 2 is 2.06 bits per heavy atom. The summed E-state index contributed by atoms with van der Waals surface area (Å²) >= 11 is 0. The van der Waals surface area contributed by atoms with Crippen LogP contribution in [0, 0.1) is 0 Å². The molecule has 0 radical (unpaired) electrons. The number of phenols is 1. The SMILES string of the molecule is O=C(N[C@@H](Cc1c[nH]c2ccc(O)cc12)C(=O)O)c1ccc2c(c1)nc(-c1ccoc1)n2C1CCC1. The number of H-pyrrole nitrogens is 1. The van der Waals surface area contributed by atoms with Gasteiger partial charge in [0.05, 0.1) is 22.9 Å². The molecular weight excluding hydrogens is 460 g/mol. The number of carbonyl (C=O) groups is 2. The van der Waals surface area contributed by atoms with E-state index in [4.69, 9.17) is 9.40 Å². The lowest BCUT2D eigenvalue weighted by molar-refractivity contribution is -0.139. The van der Waals surface area contributed by atoms with Crippen LogP contribution in [0.5, 0.6) is 5.75 Å². The van der Waals surface area contributed by atoms with Crippen LogP contribution < -0.4 is 5.32 Å². The average molecular weight is 485 g/mol. The molecular formula is C27H24N4O5. The molecule has 0 saturated heterocycles. The molecule has 36 heavy (non-hydrogen) atoms. The smallest absolute Gasteiger partial charge is 0.326 e. The molecule has 1 atom stereocenters. The maximum atomic E-state index is 13.1. The number of amides is 1. The number of carbonyl (C=O) groups excluding carboxylic acids is 1. The summed E-state index contributed by atoms with van der Waals surface area (Å²) in [4.78, 5) is 33.0. The van der Waals surface area contributed by atoms with Gasteiger partial charge < -0.3 is 29.5 Å². The average Bonchev–Trinajstić information content (AvgIpc) is 3.56. The van der Waals surface area contributed by atoms with Gasteiger partial charge in [-0.2, -0.15) is 0 Å². The van der Waals surface area contributed by atoms with Crippen molar-refractivity contribution in [2.75, 3.05) is 0 Å². The molecule has 5 aromatic rings. The minimum Gasteiger partial charge on any atom is -0.508 e. The number of hydrogen-bond acceptors (Lipinski definition) is 5. The second kappa shape index (κ2) is 8.60. The third-order valence-corrected chi connectivity index (χ3v) is 6.95. The van der Waals surface area contributed by atoms with E-state index >= 15 is 0 Å². The lowest BCUT2D eigenvalue weighted by Crippen LogP contribution is -2.42. The Balaban J connectivity index is 1.29. The summed E-state index contributed by atoms with van der Waals surface area (Å²) in [6.07, 6.45) is 8.35. The van der Waals surface area contributed by atoms with Gasteiger partial charge in [-0.1, -0.05) is 0 Å². The lowest BCUT2D eigenvalue weighted by atomic mass is 9.92. The van der Waals surface area contributed by atoms with Crippen molar-refractivity contribution in [3.63, 3.8) is 0 Å². The standard InChI is InChI=1S/C27H24N4O5/c32-19-5-6-21-20(12-19)17(13-28-21)11-23(27(34)35)30-26(33)15-4-7-24-22(10-15)29-25(16-8-9-36-14-16)31(24)18-2-1-3-18/h4-10,12-14,18,23,28,32H,1-3,11H2,(H,30,33)(H,34,35)/t23-/m0/s1. The molecule has 182 valence electrons. The van der Waals surface area contributed by atoms with Gasteiger partial charge in [0.15, 0.2) is 0 Å². The minimum absolute atomic E-state index is 0.0632. The van der Waals surface area contributed by atoms with E-state index in [1.807, 2.05) is 12.1 Å². The number of aromatic amines is 1. The second-order valence-electron chi connectivity index (χ2n) is 9.22. The zero-order chi connectivity index (χ0) is 24.8. The van der Waals surface area contributed by atoms with E-state index in [0.717, 1.165) is 35.3 Å². The first-order valence-corrected chi connectivity index (χ1v) is 11.8. The topological polar surface area (TPSA) is 133 Å². The molecule has 1 amide bonds. The van der Waals surface area contributed by atoms with Crippen LogP contribution in [0.15, 0.2) is 65.6 Å². The number of aromatic hydroxyl groups is 1. The van der Waals surface area contributed by atoms with E-state index in [0.29, 0.717) is 28.1 Å². The van der Waals surface area contributed by atoms with Gasteiger partial charge in [-0.3, -0.25) is 4.79 Å². The van der Waals surface area contributed by atoms with E-state index in [1.54, 1.807) is 49.1 Å². The number of nitrogens with one attached hydrogen (secondary N) is 2. The fourth-order valence-electron chi connectivity index (χ4n) is 4.85. The Labute approximate surface area is 205 Å². The highest BCUT2D eigenvalue weighted by molar-refractivity contribution is 5.99. The Hall–Kier alpha value is -4.53. The number of fused-ring (bicyclic) bond motifs is 2. The van der Waals surface area contributed by atoms with Gasteiger partial charge in [-0.05, 0) is 67.3 Å². The highest BCUT2D eigenvalue weighted by Gasteiger charge is 2.27. The van der Waals surface area contributed by atoms with Crippen molar-refractivity contribution >= 4 is 33.8 Å². The molecule has 0 unspecified atom stereocenters. The van der Waals surface area contributed by atoms with E-state index in [2.05, 4.69) is 14.9 Å². The molecule has 0 bridgehead atoms. The van der Waals surface area contributed by atoms with Gasteiger partial charge in [-0.25, -0.2) is 9.78 Å². The van der Waals surface area contributed by atoms with E-state index < -0.39 is 17.9 Å². The summed E-state index contributed by atoms with van der Waals surface area (Å²) in [5.74, 6) is -0.749. The molecule has 4 N–H and O–H groups in total. The maximum absolute atomic E-state index is 13.1. The second-order valence-corrected chi connectivity index (χ2v) is 9.22. The summed E-state index contributed by atoms with van der Waals surface area (Å²) in [6, 6.07) is 11.2. The predicted molar refractivity (Wildman–Crippen MR) is 133 cm³/mol. The van der Waals surface area contributed by atoms with Crippen LogP contribution in [0.3, 0.4) is 0 Å². The number of rotatable bonds is 7. The first-order valence-electron chi connectivity index (χ1n) is 11.8. The van der Waals surface area contributed by atoms with Gasteiger partial charge in [0.1, 0.15) is 23.9 Å². The molecule has 3 aromatic heterocycles. The molecule has 9 heteroatoms. The molecule has 1 aliphatic carbocycles. The van der Waals surface area contributed by atoms with Crippen molar-refractivity contribution in [1.29, 1.82) is 0 Å². The molecule has 0 spiro atoms. The Bertz CT molecular complexity index is 1590. The van der Waals surface area contributed by atoms with Crippen LogP contribution in [-0.4, -0.2) is 42.7 Å². The van der Waals surface area contributed by atoms with Crippen molar-refractivity contribution in [2.24, 2.45) is 0 Å². The summed E-state index contributed by atoms with van der Waals surface area (Å²) in [5, 5.41) is 23.0. The predicted octanol–water partition coefficient (Wildman–Crippen LogP) is 4.63. The molecule has 2 aromatic carbocycles. The number of aliphatic carboxylic acids is 1. The van der Waals surface area contributed by atoms with E-state index in [9.17, 15) is 19.8 Å². The number of hydrogen-bond donors (Lipinski definition) is 4. The van der Waals surface area contributed by atoms with Crippen molar-refractivity contribution in [3.05, 3.63) is 72.3 Å². The van der Waals surface area contributed by atoms with Gasteiger partial charge in [0.2, 0.25) is 0 Å². The first kappa shape index (κ1) is 22.0. The van der Waals surface area contributed by atoms with Gasteiger partial charge >= 0.3 is 5.97 Å². The fourth-order valence-corrected chi connectivity index (χ4v) is 4.85. The number of furan rings is 1. The number of benzene rings is 2. The quantitative estimate of drug-likeness (QED) is 0.266. The van der Waals surface area contributed by atoms with Crippen LogP contribution in [0.1, 0.15) is 41.2 Å². The third-order valence-electron chi connectivity index (χ3n) is 6.95. The molecule has 0 aliphatic heterocycles. The van der Waals surface area contributed by atoms with E-state index in [-0.39, 0.29) is 12.2 Å². The third kappa shape index (κ3) is 3.78. The Morgan fingerprint density at radius 3 is 2.78 bits per heavy atom. The lowest BCUT2D eigenvalue weighted by Gasteiger charge is -2.29. The number of nitrogens with zero attached hydrogens (tertiary/aromatic N) is 2. The van der Waals surface area contributed by atoms with Crippen molar-refractivity contribution < 1.29 is 24.2 Å². The molecule has 1 aliphatic rings. The molecule has 1 fully saturated rings. The number of carboxylic acids is 1. The van der Waals surface area contributed by atoms with Gasteiger partial charge in [-0.15, -0.1) is 0 Å². The zero-order valence-electron chi connectivity index (χ0n) is 19.3. The van der Waals surface area contributed by atoms with Crippen molar-refractivity contribution in [1.82, 2.24) is 19.9 Å². The summed E-state index contributed by atoms with van der Waals surface area (Å²) in [6.45, 7) is 0. The number of imidazole rings is 1. The number of carboxylic acid groups (broad SMARTS) is 1. The van der Waals surface area contributed by atoms with Crippen LogP contribution >= 0.6 is 0 Å². The molecule has 3 heterocycles. The summed E-state index contributed by atoms with van der Waals surface area (Å²) in [7, 11) is 0. The van der Waals surface area contributed by atoms with E-state index in [1.165, 1.54) is 6.42 Å². The monoisotopic (exact) mass is 484 g/mol. The van der Waals surface area contributed by atoms with Crippen LogP contribution in [0.2, 0.25) is 0 Å². The highest BCUT2D eigenvalue weighted by atomic mass is 16.4. The first-order chi connectivity index (χ1) is 17.5. The normalized spacial score (nSPS) is 14.7. The van der Waals surface area contributed by atoms with Gasteiger partial charge in [0, 0.05) is 35.1 Å². The fraction of sp³-hybridized carbons (Fsp3) is 0.222. The van der Waals surface area contributed by atoms with Crippen LogP contribution in [-0.2, 0) is 11.2 Å². The maximum Gasteiger partial charge on any atom is 0.326 e. The largest absolute Gasteiger partial charge is 0.508 e. The van der Waals surface area contributed by atoms with Crippen molar-refractivity contribution in [2.45, 2.75) is 37.8 Å². The van der Waals surface area contributed by atoms with Crippen LogP contribution in [0.25, 0.3) is 33.3 Å². The molecule has 9 nitrogen and oxygen atoms in total.